The van der Waals surface area contributed by atoms with Gasteiger partial charge < -0.3 is 5.32 Å². The lowest BCUT2D eigenvalue weighted by atomic mass is 10.1. The zero-order chi connectivity index (χ0) is 17.4. The molecule has 5 nitrogen and oxygen atoms in total. The number of fused-ring (bicyclic) bond motifs is 1. The summed E-state index contributed by atoms with van der Waals surface area (Å²) in [5.74, 6) is -1.18. The van der Waals surface area contributed by atoms with Crippen LogP contribution in [-0.4, -0.2) is 22.6 Å². The molecule has 0 bridgehead atoms. The predicted octanol–water partition coefficient (Wildman–Crippen LogP) is 3.75. The molecule has 7 heteroatoms. The largest absolute Gasteiger partial charge is 0.326 e. The molecular formula is C17H12Cl2N2O3. The molecule has 0 spiro atoms. The van der Waals surface area contributed by atoms with Gasteiger partial charge >= 0.3 is 0 Å². The van der Waals surface area contributed by atoms with Gasteiger partial charge in [0.2, 0.25) is 5.91 Å². The van der Waals surface area contributed by atoms with Gasteiger partial charge in [0.1, 0.15) is 0 Å². The molecule has 0 aromatic heterocycles. The Hall–Kier alpha value is -2.37. The van der Waals surface area contributed by atoms with E-state index in [0.717, 1.165) is 4.90 Å². The first-order valence-corrected chi connectivity index (χ1v) is 7.85. The number of carbonyl (C=O) groups excluding carboxylic acids is 3. The number of benzene rings is 2. The third kappa shape index (κ3) is 2.88. The molecule has 2 aromatic rings. The molecule has 2 aromatic carbocycles. The van der Waals surface area contributed by atoms with Gasteiger partial charge in [-0.05, 0) is 29.8 Å². The van der Waals surface area contributed by atoms with Crippen LogP contribution in [0.4, 0.5) is 5.69 Å². The lowest BCUT2D eigenvalue weighted by molar-refractivity contribution is -0.114. The van der Waals surface area contributed by atoms with E-state index in [4.69, 9.17) is 23.2 Å². The van der Waals surface area contributed by atoms with Gasteiger partial charge in [-0.2, -0.15) is 0 Å². The van der Waals surface area contributed by atoms with Crippen molar-refractivity contribution in [1.29, 1.82) is 0 Å². The molecule has 1 N–H and O–H groups in total. The van der Waals surface area contributed by atoms with Crippen LogP contribution in [0.1, 0.15) is 33.2 Å². The van der Waals surface area contributed by atoms with Crippen molar-refractivity contribution in [2.24, 2.45) is 0 Å². The van der Waals surface area contributed by atoms with Crippen LogP contribution in [0, 0.1) is 0 Å². The number of rotatable bonds is 3. The molecule has 0 atom stereocenters. The average molecular weight is 363 g/mol. The first-order valence-electron chi connectivity index (χ1n) is 7.09. The Morgan fingerprint density at radius 3 is 2.50 bits per heavy atom. The monoisotopic (exact) mass is 362 g/mol. The maximum atomic E-state index is 12.7. The quantitative estimate of drug-likeness (QED) is 0.845. The number of hydrogen-bond acceptors (Lipinski definition) is 3. The van der Waals surface area contributed by atoms with Crippen LogP contribution in [0.25, 0.3) is 0 Å². The minimum Gasteiger partial charge on any atom is -0.326 e. The second-order valence-corrected chi connectivity index (χ2v) is 6.17. The van der Waals surface area contributed by atoms with E-state index in [1.807, 2.05) is 0 Å². The van der Waals surface area contributed by atoms with Crippen molar-refractivity contribution in [2.75, 3.05) is 5.32 Å². The number of amides is 3. The van der Waals surface area contributed by atoms with E-state index in [1.165, 1.54) is 6.92 Å². The summed E-state index contributed by atoms with van der Waals surface area (Å²) >= 11 is 11.9. The van der Waals surface area contributed by atoms with Gasteiger partial charge in [0, 0.05) is 6.92 Å². The minimum atomic E-state index is -0.453. The van der Waals surface area contributed by atoms with Crippen molar-refractivity contribution in [1.82, 2.24) is 4.90 Å². The summed E-state index contributed by atoms with van der Waals surface area (Å²) < 4.78 is 0. The fourth-order valence-electron chi connectivity index (χ4n) is 2.59. The normalized spacial score (nSPS) is 13.2. The van der Waals surface area contributed by atoms with Gasteiger partial charge in [-0.15, -0.1) is 0 Å². The highest BCUT2D eigenvalue weighted by Crippen LogP contribution is 2.31. The van der Waals surface area contributed by atoms with Crippen LogP contribution >= 0.6 is 23.2 Å². The number of hydrogen-bond donors (Lipinski definition) is 1. The summed E-state index contributed by atoms with van der Waals surface area (Å²) in [4.78, 5) is 37.6. The Morgan fingerprint density at radius 2 is 1.83 bits per heavy atom. The van der Waals surface area contributed by atoms with Crippen LogP contribution in [-0.2, 0) is 11.3 Å². The second kappa shape index (κ2) is 6.26. The standard InChI is InChI=1S/C17H12Cl2N2O3/c1-9(22)20-14-4-2-3-11-15(14)17(24)21(16(11)23)8-10-5-6-12(18)13(19)7-10/h2-7H,8H2,1H3,(H,20,22). The van der Waals surface area contributed by atoms with Crippen LogP contribution < -0.4 is 5.32 Å². The maximum absolute atomic E-state index is 12.7. The molecule has 1 aliphatic heterocycles. The summed E-state index contributed by atoms with van der Waals surface area (Å²) in [6.07, 6.45) is 0. The van der Waals surface area contributed by atoms with E-state index in [0.29, 0.717) is 21.3 Å². The van der Waals surface area contributed by atoms with Crippen molar-refractivity contribution in [3.8, 4) is 0 Å². The lowest BCUT2D eigenvalue weighted by Crippen LogP contribution is -2.29. The summed E-state index contributed by atoms with van der Waals surface area (Å²) in [5.41, 5.74) is 1.49. The van der Waals surface area contributed by atoms with Gasteiger partial charge in [-0.25, -0.2) is 0 Å². The van der Waals surface area contributed by atoms with E-state index in [9.17, 15) is 14.4 Å². The van der Waals surface area contributed by atoms with Gasteiger partial charge in [-0.3, -0.25) is 19.3 Å². The van der Waals surface area contributed by atoms with Crippen molar-refractivity contribution < 1.29 is 14.4 Å². The molecule has 0 fully saturated rings. The Kier molecular flexibility index (Phi) is 4.30. The summed E-state index contributed by atoms with van der Waals surface area (Å²) in [7, 11) is 0. The van der Waals surface area contributed by atoms with Crippen LogP contribution in [0.3, 0.4) is 0 Å². The number of nitrogens with zero attached hydrogens (tertiary/aromatic N) is 1. The number of anilines is 1. The molecule has 24 heavy (non-hydrogen) atoms. The smallest absolute Gasteiger partial charge is 0.263 e. The summed E-state index contributed by atoms with van der Waals surface area (Å²) in [6, 6.07) is 9.70. The Bertz CT molecular complexity index is 880. The predicted molar refractivity (Wildman–Crippen MR) is 91.4 cm³/mol. The second-order valence-electron chi connectivity index (χ2n) is 5.35. The molecule has 1 aliphatic rings. The van der Waals surface area contributed by atoms with Crippen LogP contribution in [0.15, 0.2) is 36.4 Å². The van der Waals surface area contributed by atoms with Crippen molar-refractivity contribution in [2.45, 2.75) is 13.5 Å². The van der Waals surface area contributed by atoms with Crippen LogP contribution in [0.2, 0.25) is 10.0 Å². The van der Waals surface area contributed by atoms with Gasteiger partial charge in [0.05, 0.1) is 33.4 Å². The number of imide groups is 1. The third-order valence-electron chi connectivity index (χ3n) is 3.63. The number of halogens is 2. The van der Waals surface area contributed by atoms with E-state index in [-0.39, 0.29) is 23.6 Å². The zero-order valence-corrected chi connectivity index (χ0v) is 14.1. The van der Waals surface area contributed by atoms with Gasteiger partial charge in [-0.1, -0.05) is 35.3 Å². The maximum Gasteiger partial charge on any atom is 0.263 e. The first-order chi connectivity index (χ1) is 11.4. The average Bonchev–Trinajstić information content (AvgIpc) is 2.76. The Morgan fingerprint density at radius 1 is 1.08 bits per heavy atom. The molecule has 122 valence electrons. The van der Waals surface area contributed by atoms with Gasteiger partial charge in [0.25, 0.3) is 11.8 Å². The molecule has 0 radical (unpaired) electrons. The topological polar surface area (TPSA) is 66.5 Å². The molecule has 0 aliphatic carbocycles. The fourth-order valence-corrected chi connectivity index (χ4v) is 2.91. The number of carbonyl (C=O) groups is 3. The number of nitrogens with one attached hydrogen (secondary N) is 1. The van der Waals surface area contributed by atoms with Crippen molar-refractivity contribution >= 4 is 46.6 Å². The van der Waals surface area contributed by atoms with Crippen molar-refractivity contribution in [3.05, 3.63) is 63.1 Å². The van der Waals surface area contributed by atoms with Crippen molar-refractivity contribution in [3.63, 3.8) is 0 Å². The first kappa shape index (κ1) is 16.5. The Labute approximate surface area is 148 Å². The SMILES string of the molecule is CC(=O)Nc1cccc2c1C(=O)N(Cc1ccc(Cl)c(Cl)c1)C2=O. The molecule has 1 heterocycles. The van der Waals surface area contributed by atoms with E-state index >= 15 is 0 Å². The molecule has 0 unspecified atom stereocenters. The van der Waals surface area contributed by atoms with Crippen LogP contribution in [0.5, 0.6) is 0 Å². The highest BCUT2D eigenvalue weighted by molar-refractivity contribution is 6.42. The summed E-state index contributed by atoms with van der Waals surface area (Å²) in [5, 5.41) is 3.33. The van der Waals surface area contributed by atoms with E-state index in [2.05, 4.69) is 5.32 Å². The molecule has 3 amide bonds. The molecular weight excluding hydrogens is 351 g/mol. The fraction of sp³-hybridized carbons (Fsp3) is 0.118. The highest BCUT2D eigenvalue weighted by atomic mass is 35.5. The van der Waals surface area contributed by atoms with E-state index in [1.54, 1.807) is 36.4 Å². The van der Waals surface area contributed by atoms with E-state index < -0.39 is 11.8 Å². The molecule has 0 saturated heterocycles. The lowest BCUT2D eigenvalue weighted by Gasteiger charge is -2.14. The molecule has 3 rings (SSSR count). The summed E-state index contributed by atoms with van der Waals surface area (Å²) in [6.45, 7) is 1.41. The third-order valence-corrected chi connectivity index (χ3v) is 4.37. The zero-order valence-electron chi connectivity index (χ0n) is 12.6. The van der Waals surface area contributed by atoms with Gasteiger partial charge in [0.15, 0.2) is 0 Å². The molecule has 0 saturated carbocycles. The highest BCUT2D eigenvalue weighted by Gasteiger charge is 2.37. The minimum absolute atomic E-state index is 0.0722. The Balaban J connectivity index is 1.95.